The average Bonchev–Trinajstić information content (AvgIpc) is 3.02. The van der Waals surface area contributed by atoms with Crippen LogP contribution in [0.5, 0.6) is 0 Å². The number of fused-ring (bicyclic) bond motifs is 3. The highest BCUT2D eigenvalue weighted by Crippen LogP contribution is 2.57. The predicted octanol–water partition coefficient (Wildman–Crippen LogP) is 3.61. The fourth-order valence-corrected chi connectivity index (χ4v) is 5.68. The van der Waals surface area contributed by atoms with Crippen molar-refractivity contribution in [1.29, 1.82) is 5.26 Å². The molecular formula is C23H25N3O2. The van der Waals surface area contributed by atoms with E-state index in [4.69, 9.17) is 5.10 Å². The van der Waals surface area contributed by atoms with Gasteiger partial charge in [-0.3, -0.25) is 14.3 Å². The van der Waals surface area contributed by atoms with E-state index in [1.807, 2.05) is 51.2 Å². The Morgan fingerprint density at radius 2 is 1.93 bits per heavy atom. The van der Waals surface area contributed by atoms with Gasteiger partial charge in [-0.05, 0) is 25.2 Å². The molecule has 0 saturated heterocycles. The van der Waals surface area contributed by atoms with Crippen molar-refractivity contribution in [2.24, 2.45) is 24.3 Å². The number of rotatable bonds is 2. The number of Topliss-reactive ketones (excluding diaryl/α,β-unsaturated/α-hetero) is 1. The van der Waals surface area contributed by atoms with E-state index in [0.717, 1.165) is 24.1 Å². The maximum atomic E-state index is 13.2. The van der Waals surface area contributed by atoms with Crippen LogP contribution in [0.1, 0.15) is 60.9 Å². The summed E-state index contributed by atoms with van der Waals surface area (Å²) < 4.78 is 1.69. The summed E-state index contributed by atoms with van der Waals surface area (Å²) in [4.78, 5) is 26.0. The van der Waals surface area contributed by atoms with E-state index in [1.165, 1.54) is 0 Å². The summed E-state index contributed by atoms with van der Waals surface area (Å²) in [7, 11) is 1.81. The maximum Gasteiger partial charge on any atom is 0.211 e. The zero-order valence-corrected chi connectivity index (χ0v) is 16.8. The quantitative estimate of drug-likeness (QED) is 0.752. The highest BCUT2D eigenvalue weighted by atomic mass is 16.1. The summed E-state index contributed by atoms with van der Waals surface area (Å²) in [6.45, 7) is 6.05. The topological polar surface area (TPSA) is 75.8 Å². The van der Waals surface area contributed by atoms with Crippen molar-refractivity contribution in [2.75, 3.05) is 0 Å². The maximum absolute atomic E-state index is 13.2. The zero-order valence-electron chi connectivity index (χ0n) is 16.8. The summed E-state index contributed by atoms with van der Waals surface area (Å²) in [6, 6.07) is 11.5. The number of ketones is 2. The van der Waals surface area contributed by atoms with Crippen LogP contribution >= 0.6 is 0 Å². The number of hydrogen-bond donors (Lipinski definition) is 0. The van der Waals surface area contributed by atoms with Crippen molar-refractivity contribution < 1.29 is 9.59 Å². The van der Waals surface area contributed by atoms with Gasteiger partial charge in [0.15, 0.2) is 5.78 Å². The van der Waals surface area contributed by atoms with E-state index in [9.17, 15) is 14.9 Å². The van der Waals surface area contributed by atoms with Gasteiger partial charge in [0.1, 0.15) is 11.6 Å². The molecule has 3 atom stereocenters. The molecule has 2 aliphatic rings. The lowest BCUT2D eigenvalue weighted by Gasteiger charge is -2.52. The largest absolute Gasteiger partial charge is 0.298 e. The number of nitrogens with zero attached hydrogens (tertiary/aromatic N) is 3. The monoisotopic (exact) mass is 375 g/mol. The van der Waals surface area contributed by atoms with E-state index in [2.05, 4.69) is 13.0 Å². The van der Waals surface area contributed by atoms with Gasteiger partial charge in [-0.2, -0.15) is 10.4 Å². The number of aromatic nitrogens is 2. The first-order chi connectivity index (χ1) is 13.2. The molecule has 2 unspecified atom stereocenters. The number of carbonyl (C=O) groups is 2. The standard InChI is InChI=1S/C23H25N3O2/c1-22(2)17-11-10-16-18(19(27)14-8-6-5-7-9-14)26(4)25-20(16)23(17,3)12-15(13-24)21(22)28/h5-9,15,17H,10-12H2,1-4H3/t15?,17-,23?/m0/s1. The van der Waals surface area contributed by atoms with Gasteiger partial charge in [0.2, 0.25) is 5.78 Å². The first-order valence-corrected chi connectivity index (χ1v) is 9.82. The van der Waals surface area contributed by atoms with E-state index in [0.29, 0.717) is 17.7 Å². The van der Waals surface area contributed by atoms with Gasteiger partial charge in [0.25, 0.3) is 0 Å². The van der Waals surface area contributed by atoms with E-state index in [-0.39, 0.29) is 17.5 Å². The Morgan fingerprint density at radius 1 is 1.25 bits per heavy atom. The molecule has 5 nitrogen and oxygen atoms in total. The van der Waals surface area contributed by atoms with Crippen molar-refractivity contribution in [3.05, 3.63) is 52.8 Å². The first-order valence-electron chi connectivity index (χ1n) is 9.82. The van der Waals surface area contributed by atoms with Crippen molar-refractivity contribution in [1.82, 2.24) is 9.78 Å². The second-order valence-corrected chi connectivity index (χ2v) is 8.97. The van der Waals surface area contributed by atoms with E-state index >= 15 is 0 Å². The lowest BCUT2D eigenvalue weighted by Crippen LogP contribution is -2.55. The third-order valence-electron chi connectivity index (χ3n) is 7.00. The van der Waals surface area contributed by atoms with E-state index < -0.39 is 16.7 Å². The SMILES string of the molecule is Cn1nc2c(c1C(=O)c1ccccc1)CC[C@H]1C(C)(C)C(=O)C(C#N)CC21C. The van der Waals surface area contributed by atoms with E-state index in [1.54, 1.807) is 4.68 Å². The minimum atomic E-state index is -0.627. The minimum Gasteiger partial charge on any atom is -0.298 e. The minimum absolute atomic E-state index is 0.0260. The van der Waals surface area contributed by atoms with Crippen molar-refractivity contribution in [3.63, 3.8) is 0 Å². The Morgan fingerprint density at radius 3 is 2.57 bits per heavy atom. The van der Waals surface area contributed by atoms with Crippen molar-refractivity contribution in [3.8, 4) is 6.07 Å². The second kappa shape index (κ2) is 6.13. The Labute approximate surface area is 165 Å². The van der Waals surface area contributed by atoms with Gasteiger partial charge in [-0.15, -0.1) is 0 Å². The summed E-state index contributed by atoms with van der Waals surface area (Å²) in [5.41, 5.74) is 2.19. The van der Waals surface area contributed by atoms with Crippen LogP contribution in [-0.2, 0) is 23.7 Å². The second-order valence-electron chi connectivity index (χ2n) is 8.97. The van der Waals surface area contributed by atoms with Crippen LogP contribution in [0.15, 0.2) is 30.3 Å². The number of carbonyl (C=O) groups excluding carboxylic acids is 2. The average molecular weight is 375 g/mol. The summed E-state index contributed by atoms with van der Waals surface area (Å²) >= 11 is 0. The third kappa shape index (κ3) is 2.40. The predicted molar refractivity (Wildman–Crippen MR) is 105 cm³/mol. The van der Waals surface area contributed by atoms with Crippen LogP contribution in [-0.4, -0.2) is 21.3 Å². The van der Waals surface area contributed by atoms with Crippen LogP contribution in [0.4, 0.5) is 0 Å². The molecule has 1 heterocycles. The molecule has 1 aromatic carbocycles. The van der Waals surface area contributed by atoms with Gasteiger partial charge in [-0.1, -0.05) is 51.1 Å². The molecule has 0 amide bonds. The Balaban J connectivity index is 1.85. The number of aryl methyl sites for hydroxylation is 1. The van der Waals surface area contributed by atoms with Gasteiger partial charge >= 0.3 is 0 Å². The summed E-state index contributed by atoms with van der Waals surface area (Å²) in [5.74, 6) is -0.504. The molecular weight excluding hydrogens is 350 g/mol. The summed E-state index contributed by atoms with van der Waals surface area (Å²) in [5, 5.41) is 14.4. The molecule has 2 aliphatic carbocycles. The number of hydrogen-bond acceptors (Lipinski definition) is 4. The lowest BCUT2D eigenvalue weighted by atomic mass is 9.49. The van der Waals surface area contributed by atoms with Crippen molar-refractivity contribution in [2.45, 2.75) is 45.4 Å². The molecule has 0 N–H and O–H groups in total. The highest BCUT2D eigenvalue weighted by Gasteiger charge is 2.58. The lowest BCUT2D eigenvalue weighted by molar-refractivity contribution is -0.140. The zero-order chi connectivity index (χ0) is 20.3. The van der Waals surface area contributed by atoms with Crippen LogP contribution in [0, 0.1) is 28.6 Å². The Bertz CT molecular complexity index is 1010. The Kier molecular flexibility index (Phi) is 4.08. The molecule has 1 aromatic heterocycles. The van der Waals surface area contributed by atoms with Gasteiger partial charge in [-0.25, -0.2) is 0 Å². The first kappa shape index (κ1) is 18.6. The molecule has 28 heavy (non-hydrogen) atoms. The molecule has 5 heteroatoms. The molecule has 1 saturated carbocycles. The van der Waals surface area contributed by atoms with Crippen LogP contribution in [0.25, 0.3) is 0 Å². The molecule has 0 spiro atoms. The van der Waals surface area contributed by atoms with Gasteiger partial charge in [0, 0.05) is 29.0 Å². The fourth-order valence-electron chi connectivity index (χ4n) is 5.68. The van der Waals surface area contributed by atoms with Crippen LogP contribution in [0.2, 0.25) is 0 Å². The number of benzene rings is 1. The van der Waals surface area contributed by atoms with Crippen LogP contribution < -0.4 is 0 Å². The Hall–Kier alpha value is -2.74. The fraction of sp³-hybridized carbons (Fsp3) is 0.478. The molecule has 0 radical (unpaired) electrons. The summed E-state index contributed by atoms with van der Waals surface area (Å²) in [6.07, 6.45) is 2.02. The van der Waals surface area contributed by atoms with Gasteiger partial charge in [0.05, 0.1) is 11.8 Å². The molecule has 0 aliphatic heterocycles. The van der Waals surface area contributed by atoms with Crippen LogP contribution in [0.3, 0.4) is 0 Å². The molecule has 144 valence electrons. The normalized spacial score (nSPS) is 28.2. The molecule has 0 bridgehead atoms. The molecule has 4 rings (SSSR count). The smallest absolute Gasteiger partial charge is 0.211 e. The molecule has 1 fully saturated rings. The van der Waals surface area contributed by atoms with Gasteiger partial charge < -0.3 is 0 Å². The third-order valence-corrected chi connectivity index (χ3v) is 7.00. The van der Waals surface area contributed by atoms with Crippen molar-refractivity contribution >= 4 is 11.6 Å². The molecule has 2 aromatic rings. The number of nitriles is 1. The highest BCUT2D eigenvalue weighted by molar-refractivity contribution is 6.09.